The van der Waals surface area contributed by atoms with Crippen LogP contribution in [0.15, 0.2) is 30.6 Å². The van der Waals surface area contributed by atoms with E-state index >= 15 is 0 Å². The summed E-state index contributed by atoms with van der Waals surface area (Å²) in [6.07, 6.45) is 9.00. The molecule has 0 radical (unpaired) electrons. The monoisotopic (exact) mass is 418 g/mol. The lowest BCUT2D eigenvalue weighted by Gasteiger charge is -2.33. The third-order valence-electron chi connectivity index (χ3n) is 6.62. The van der Waals surface area contributed by atoms with Gasteiger partial charge in [0.25, 0.3) is 0 Å². The molecule has 31 heavy (non-hydrogen) atoms. The fraction of sp³-hybridized carbons (Fsp3) is 0.500. The molecule has 0 spiro atoms. The quantitative estimate of drug-likeness (QED) is 0.694. The maximum Gasteiger partial charge on any atom is 0.229 e. The molecule has 7 nitrogen and oxygen atoms in total. The van der Waals surface area contributed by atoms with Crippen LogP contribution < -0.4 is 10.2 Å². The Kier molecular flexibility index (Phi) is 5.57. The number of benzene rings is 1. The first-order valence-corrected chi connectivity index (χ1v) is 11.6. The Labute approximate surface area is 182 Å². The van der Waals surface area contributed by atoms with Crippen molar-refractivity contribution < 1.29 is 4.79 Å². The van der Waals surface area contributed by atoms with Gasteiger partial charge in [-0.15, -0.1) is 0 Å². The van der Waals surface area contributed by atoms with Crippen molar-refractivity contribution in [2.45, 2.75) is 58.4 Å². The average molecular weight is 419 g/mol. The summed E-state index contributed by atoms with van der Waals surface area (Å²) in [5.74, 6) is 2.02. The first-order chi connectivity index (χ1) is 15.2. The number of hydrogen-bond donors (Lipinski definition) is 1. The SMILES string of the molecule is CCc1ccccc1NC(=O)[C@H]1CCCN(c2ncnc3c2nc2n3CCCCC2)C1. The van der Waals surface area contributed by atoms with Crippen LogP contribution in [-0.4, -0.2) is 38.5 Å². The lowest BCUT2D eigenvalue weighted by molar-refractivity contribution is -0.120. The summed E-state index contributed by atoms with van der Waals surface area (Å²) >= 11 is 0. The maximum absolute atomic E-state index is 13.1. The molecule has 1 saturated heterocycles. The number of nitrogens with one attached hydrogen (secondary N) is 1. The predicted molar refractivity (Wildman–Crippen MR) is 122 cm³/mol. The molecule has 0 unspecified atom stereocenters. The number of aryl methyl sites for hydroxylation is 3. The highest BCUT2D eigenvalue weighted by Crippen LogP contribution is 2.30. The smallest absolute Gasteiger partial charge is 0.229 e. The molecule has 0 saturated carbocycles. The highest BCUT2D eigenvalue weighted by atomic mass is 16.1. The molecule has 1 fully saturated rings. The van der Waals surface area contributed by atoms with Gasteiger partial charge in [-0.1, -0.05) is 31.5 Å². The van der Waals surface area contributed by atoms with Crippen LogP contribution >= 0.6 is 0 Å². The Morgan fingerprint density at radius 1 is 1.13 bits per heavy atom. The second kappa shape index (κ2) is 8.65. The van der Waals surface area contributed by atoms with Gasteiger partial charge in [-0.2, -0.15) is 0 Å². The molecule has 3 aromatic rings. The number of carbonyl (C=O) groups excluding carboxylic acids is 1. The van der Waals surface area contributed by atoms with Crippen molar-refractivity contribution in [3.05, 3.63) is 42.0 Å². The van der Waals surface area contributed by atoms with Gasteiger partial charge in [-0.3, -0.25) is 4.79 Å². The van der Waals surface area contributed by atoms with E-state index in [0.29, 0.717) is 6.54 Å². The van der Waals surface area contributed by atoms with Crippen molar-refractivity contribution in [1.82, 2.24) is 19.5 Å². The second-order valence-corrected chi connectivity index (χ2v) is 8.64. The molecular formula is C24H30N6O. The molecule has 162 valence electrons. The zero-order valence-corrected chi connectivity index (χ0v) is 18.2. The minimum absolute atomic E-state index is 0.0656. The standard InChI is InChI=1S/C24H30N6O/c1-2-17-9-5-6-11-19(17)27-24(31)18-10-8-13-29(15-18)22-21-23(26-16-25-22)30-14-7-3-4-12-20(30)28-21/h5-6,9,11,16,18H,2-4,7-8,10,12-15H2,1H3,(H,27,31)/t18-/m0/s1. The molecule has 1 aromatic carbocycles. The summed E-state index contributed by atoms with van der Waals surface area (Å²) in [5, 5.41) is 3.17. The van der Waals surface area contributed by atoms with Gasteiger partial charge in [0.1, 0.15) is 12.2 Å². The van der Waals surface area contributed by atoms with Crippen LogP contribution in [0, 0.1) is 5.92 Å². The number of piperidine rings is 1. The third kappa shape index (κ3) is 3.89. The number of nitrogens with zero attached hydrogens (tertiary/aromatic N) is 5. The highest BCUT2D eigenvalue weighted by molar-refractivity contribution is 5.94. The van der Waals surface area contributed by atoms with E-state index < -0.39 is 0 Å². The van der Waals surface area contributed by atoms with E-state index in [0.717, 1.165) is 67.3 Å². The maximum atomic E-state index is 13.1. The average Bonchev–Trinajstić information content (AvgIpc) is 3.00. The molecule has 2 aliphatic rings. The van der Waals surface area contributed by atoms with Gasteiger partial charge in [-0.05, 0) is 43.7 Å². The summed E-state index contributed by atoms with van der Waals surface area (Å²) < 4.78 is 2.27. The van der Waals surface area contributed by atoms with Crippen molar-refractivity contribution in [2.24, 2.45) is 5.92 Å². The van der Waals surface area contributed by atoms with E-state index in [1.165, 1.54) is 24.8 Å². The summed E-state index contributed by atoms with van der Waals surface area (Å²) in [6, 6.07) is 8.05. The number of fused-ring (bicyclic) bond motifs is 3. The summed E-state index contributed by atoms with van der Waals surface area (Å²) in [4.78, 5) is 29.4. The van der Waals surface area contributed by atoms with Gasteiger partial charge in [-0.25, -0.2) is 15.0 Å². The van der Waals surface area contributed by atoms with Crippen molar-refractivity contribution in [2.75, 3.05) is 23.3 Å². The number of amides is 1. The number of para-hydroxylation sites is 1. The predicted octanol–water partition coefficient (Wildman–Crippen LogP) is 3.97. The fourth-order valence-corrected chi connectivity index (χ4v) is 4.93. The van der Waals surface area contributed by atoms with Gasteiger partial charge >= 0.3 is 0 Å². The van der Waals surface area contributed by atoms with E-state index in [2.05, 4.69) is 37.7 Å². The molecule has 4 heterocycles. The normalized spacial score (nSPS) is 19.1. The Balaban J connectivity index is 1.38. The molecule has 0 aliphatic carbocycles. The van der Waals surface area contributed by atoms with E-state index in [-0.39, 0.29) is 11.8 Å². The van der Waals surface area contributed by atoms with Crippen LogP contribution in [0.2, 0.25) is 0 Å². The van der Waals surface area contributed by atoms with E-state index in [9.17, 15) is 4.79 Å². The first-order valence-electron chi connectivity index (χ1n) is 11.6. The molecule has 5 rings (SSSR count). The zero-order valence-electron chi connectivity index (χ0n) is 18.2. The molecule has 1 atom stereocenters. The lowest BCUT2D eigenvalue weighted by atomic mass is 9.96. The minimum Gasteiger partial charge on any atom is -0.354 e. The fourth-order valence-electron chi connectivity index (χ4n) is 4.93. The van der Waals surface area contributed by atoms with E-state index in [1.807, 2.05) is 18.2 Å². The van der Waals surface area contributed by atoms with E-state index in [4.69, 9.17) is 4.98 Å². The Bertz CT molecular complexity index is 1090. The van der Waals surface area contributed by atoms with E-state index in [1.54, 1.807) is 6.33 Å². The number of aromatic nitrogens is 4. The Hall–Kier alpha value is -2.96. The van der Waals surface area contributed by atoms with Crippen LogP contribution in [0.1, 0.15) is 50.4 Å². The van der Waals surface area contributed by atoms with Crippen molar-refractivity contribution in [3.63, 3.8) is 0 Å². The highest BCUT2D eigenvalue weighted by Gasteiger charge is 2.29. The number of hydrogen-bond acceptors (Lipinski definition) is 5. The minimum atomic E-state index is -0.0656. The topological polar surface area (TPSA) is 75.9 Å². The van der Waals surface area contributed by atoms with Gasteiger partial charge in [0.15, 0.2) is 17.0 Å². The Morgan fingerprint density at radius 2 is 2.03 bits per heavy atom. The molecule has 2 aromatic heterocycles. The van der Waals surface area contributed by atoms with Crippen molar-refractivity contribution in [3.8, 4) is 0 Å². The zero-order chi connectivity index (χ0) is 21.2. The van der Waals surface area contributed by atoms with Crippen molar-refractivity contribution in [1.29, 1.82) is 0 Å². The number of imidazole rings is 1. The Morgan fingerprint density at radius 3 is 2.94 bits per heavy atom. The molecule has 1 N–H and O–H groups in total. The van der Waals surface area contributed by atoms with Gasteiger partial charge < -0.3 is 14.8 Å². The van der Waals surface area contributed by atoms with Crippen LogP contribution in [0.5, 0.6) is 0 Å². The van der Waals surface area contributed by atoms with Crippen LogP contribution in [0.25, 0.3) is 11.2 Å². The van der Waals surface area contributed by atoms with Crippen LogP contribution in [-0.2, 0) is 24.2 Å². The molecule has 0 bridgehead atoms. The number of carbonyl (C=O) groups is 1. The molecule has 2 aliphatic heterocycles. The van der Waals surface area contributed by atoms with Crippen LogP contribution in [0.4, 0.5) is 11.5 Å². The first kappa shape index (κ1) is 20.0. The second-order valence-electron chi connectivity index (χ2n) is 8.64. The molecular weight excluding hydrogens is 388 g/mol. The van der Waals surface area contributed by atoms with Crippen molar-refractivity contribution >= 4 is 28.6 Å². The summed E-state index contributed by atoms with van der Waals surface area (Å²) in [6.45, 7) is 4.64. The van der Waals surface area contributed by atoms with Gasteiger partial charge in [0.05, 0.1) is 5.92 Å². The summed E-state index contributed by atoms with van der Waals surface area (Å²) in [5.41, 5.74) is 3.91. The largest absolute Gasteiger partial charge is 0.354 e. The number of anilines is 2. The third-order valence-corrected chi connectivity index (χ3v) is 6.62. The molecule has 1 amide bonds. The number of rotatable bonds is 4. The summed E-state index contributed by atoms with van der Waals surface area (Å²) in [7, 11) is 0. The molecule has 7 heteroatoms. The van der Waals surface area contributed by atoms with Crippen LogP contribution in [0.3, 0.4) is 0 Å². The van der Waals surface area contributed by atoms with Gasteiger partial charge in [0.2, 0.25) is 5.91 Å². The van der Waals surface area contributed by atoms with Gasteiger partial charge in [0, 0.05) is 31.7 Å². The lowest BCUT2D eigenvalue weighted by Crippen LogP contribution is -2.41.